The third-order valence-electron chi connectivity index (χ3n) is 2.89. The predicted molar refractivity (Wildman–Crippen MR) is 78.2 cm³/mol. The van der Waals surface area contributed by atoms with Gasteiger partial charge in [-0.2, -0.15) is 0 Å². The van der Waals surface area contributed by atoms with Gasteiger partial charge in [0, 0.05) is 6.54 Å². The molecule has 0 bridgehead atoms. The van der Waals surface area contributed by atoms with Gasteiger partial charge in [-0.1, -0.05) is 32.9 Å². The van der Waals surface area contributed by atoms with Crippen LogP contribution in [-0.4, -0.2) is 19.7 Å². The lowest BCUT2D eigenvalue weighted by Crippen LogP contribution is -2.26. The highest BCUT2D eigenvalue weighted by Crippen LogP contribution is 2.23. The van der Waals surface area contributed by atoms with Gasteiger partial charge in [0.2, 0.25) is 0 Å². The topological polar surface area (TPSA) is 21.3 Å². The molecule has 0 radical (unpaired) electrons. The van der Waals surface area contributed by atoms with Crippen molar-refractivity contribution in [3.8, 4) is 5.75 Å². The van der Waals surface area contributed by atoms with Crippen molar-refractivity contribution >= 4 is 0 Å². The molecule has 18 heavy (non-hydrogen) atoms. The lowest BCUT2D eigenvalue weighted by atomic mass is 9.89. The fraction of sp³-hybridized carbons (Fsp3) is 0.625. The van der Waals surface area contributed by atoms with E-state index < -0.39 is 0 Å². The predicted octanol–water partition coefficient (Wildman–Crippen LogP) is 3.65. The number of hydrogen-bond donors (Lipinski definition) is 1. The Labute approximate surface area is 112 Å². The van der Waals surface area contributed by atoms with E-state index in [1.807, 2.05) is 13.1 Å². The molecule has 0 unspecified atom stereocenters. The van der Waals surface area contributed by atoms with Crippen molar-refractivity contribution in [3.05, 3.63) is 29.8 Å². The average molecular weight is 249 g/mol. The Balaban J connectivity index is 2.56. The van der Waals surface area contributed by atoms with E-state index in [1.165, 1.54) is 12.0 Å². The first-order valence-electron chi connectivity index (χ1n) is 6.81. The second kappa shape index (κ2) is 6.79. The molecular weight excluding hydrogens is 222 g/mol. The molecule has 2 heteroatoms. The molecule has 1 aromatic rings. The second-order valence-corrected chi connectivity index (χ2v) is 6.19. The van der Waals surface area contributed by atoms with Crippen molar-refractivity contribution in [2.75, 3.05) is 13.6 Å². The summed E-state index contributed by atoms with van der Waals surface area (Å²) in [5, 5.41) is 3.12. The quantitative estimate of drug-likeness (QED) is 0.831. The molecule has 0 aromatic heterocycles. The van der Waals surface area contributed by atoms with Gasteiger partial charge < -0.3 is 10.1 Å². The van der Waals surface area contributed by atoms with Crippen molar-refractivity contribution in [2.45, 2.75) is 46.6 Å². The Hall–Kier alpha value is -1.02. The summed E-state index contributed by atoms with van der Waals surface area (Å²) in [5.74, 6) is 0.976. The summed E-state index contributed by atoms with van der Waals surface area (Å²) in [6.45, 7) is 9.79. The Bertz CT molecular complexity index is 354. The molecule has 0 aliphatic heterocycles. The van der Waals surface area contributed by atoms with E-state index in [0.717, 1.165) is 18.7 Å². The van der Waals surface area contributed by atoms with Crippen LogP contribution in [0.15, 0.2) is 24.3 Å². The maximum atomic E-state index is 5.86. The summed E-state index contributed by atoms with van der Waals surface area (Å²) in [5.41, 5.74) is 1.75. The Morgan fingerprint density at radius 2 is 2.00 bits per heavy atom. The lowest BCUT2D eigenvalue weighted by Gasteiger charge is -2.18. The van der Waals surface area contributed by atoms with E-state index in [-0.39, 0.29) is 6.10 Å². The normalized spacial score (nSPS) is 13.4. The molecule has 2 nitrogen and oxygen atoms in total. The molecule has 0 aliphatic carbocycles. The van der Waals surface area contributed by atoms with Crippen molar-refractivity contribution in [2.24, 2.45) is 5.41 Å². The van der Waals surface area contributed by atoms with Crippen LogP contribution in [0.4, 0.5) is 0 Å². The first kappa shape index (κ1) is 15.0. The fourth-order valence-corrected chi connectivity index (χ4v) is 1.86. The lowest BCUT2D eigenvalue weighted by molar-refractivity contribution is 0.220. The fourth-order valence-electron chi connectivity index (χ4n) is 1.86. The number of rotatable bonds is 6. The van der Waals surface area contributed by atoms with Crippen LogP contribution < -0.4 is 10.1 Å². The Morgan fingerprint density at radius 3 is 2.61 bits per heavy atom. The molecule has 0 saturated heterocycles. The van der Waals surface area contributed by atoms with E-state index >= 15 is 0 Å². The van der Waals surface area contributed by atoms with Gasteiger partial charge in [0.15, 0.2) is 0 Å². The smallest absolute Gasteiger partial charge is 0.120 e. The standard InChI is InChI=1S/C16H27NO/c1-13(12-17-5)18-15-8-6-7-14(11-15)9-10-16(2,3)4/h6-8,11,13,17H,9-10,12H2,1-5H3/t13-/m0/s1. The van der Waals surface area contributed by atoms with Crippen LogP contribution in [0.5, 0.6) is 5.75 Å². The third-order valence-corrected chi connectivity index (χ3v) is 2.89. The van der Waals surface area contributed by atoms with Crippen LogP contribution in [0.1, 0.15) is 39.7 Å². The molecular formula is C16H27NO. The van der Waals surface area contributed by atoms with E-state index in [4.69, 9.17) is 4.74 Å². The van der Waals surface area contributed by atoms with E-state index in [1.54, 1.807) is 0 Å². The summed E-state index contributed by atoms with van der Waals surface area (Å²) >= 11 is 0. The first-order valence-corrected chi connectivity index (χ1v) is 6.81. The molecule has 0 saturated carbocycles. The minimum atomic E-state index is 0.202. The van der Waals surface area contributed by atoms with Crippen LogP contribution in [-0.2, 0) is 6.42 Å². The van der Waals surface area contributed by atoms with Gasteiger partial charge in [0.05, 0.1) is 0 Å². The van der Waals surface area contributed by atoms with E-state index in [2.05, 4.69) is 51.2 Å². The van der Waals surface area contributed by atoms with Crippen LogP contribution in [0, 0.1) is 5.41 Å². The summed E-state index contributed by atoms with van der Waals surface area (Å²) in [7, 11) is 1.94. The molecule has 1 N–H and O–H groups in total. The molecule has 102 valence electrons. The van der Waals surface area contributed by atoms with Gasteiger partial charge in [-0.05, 0) is 49.9 Å². The van der Waals surface area contributed by atoms with E-state index in [0.29, 0.717) is 5.41 Å². The van der Waals surface area contributed by atoms with Gasteiger partial charge >= 0.3 is 0 Å². The average Bonchev–Trinajstić information content (AvgIpc) is 2.26. The Morgan fingerprint density at radius 1 is 1.28 bits per heavy atom. The summed E-state index contributed by atoms with van der Waals surface area (Å²) in [6.07, 6.45) is 2.51. The monoisotopic (exact) mass is 249 g/mol. The maximum absolute atomic E-state index is 5.86. The molecule has 1 aromatic carbocycles. The zero-order valence-electron chi connectivity index (χ0n) is 12.4. The summed E-state index contributed by atoms with van der Waals surface area (Å²) in [6, 6.07) is 8.46. The molecule has 0 fully saturated rings. The summed E-state index contributed by atoms with van der Waals surface area (Å²) < 4.78 is 5.86. The number of benzene rings is 1. The second-order valence-electron chi connectivity index (χ2n) is 6.19. The number of hydrogen-bond acceptors (Lipinski definition) is 2. The van der Waals surface area contributed by atoms with E-state index in [9.17, 15) is 0 Å². The van der Waals surface area contributed by atoms with Gasteiger partial charge in [0.1, 0.15) is 11.9 Å². The number of nitrogens with one attached hydrogen (secondary N) is 1. The van der Waals surface area contributed by atoms with Crippen molar-refractivity contribution in [1.82, 2.24) is 5.32 Å². The molecule has 0 spiro atoms. The van der Waals surface area contributed by atoms with Crippen molar-refractivity contribution in [3.63, 3.8) is 0 Å². The molecule has 1 atom stereocenters. The highest BCUT2D eigenvalue weighted by Gasteiger charge is 2.10. The van der Waals surface area contributed by atoms with Crippen LogP contribution in [0.2, 0.25) is 0 Å². The first-order chi connectivity index (χ1) is 8.40. The minimum absolute atomic E-state index is 0.202. The number of ether oxygens (including phenoxy) is 1. The summed E-state index contributed by atoms with van der Waals surface area (Å²) in [4.78, 5) is 0. The Kier molecular flexibility index (Phi) is 5.67. The minimum Gasteiger partial charge on any atom is -0.489 e. The van der Waals surface area contributed by atoms with Crippen LogP contribution in [0.25, 0.3) is 0 Å². The zero-order valence-corrected chi connectivity index (χ0v) is 12.4. The largest absolute Gasteiger partial charge is 0.489 e. The molecule has 0 aliphatic rings. The zero-order chi connectivity index (χ0) is 13.6. The highest BCUT2D eigenvalue weighted by atomic mass is 16.5. The molecule has 0 amide bonds. The molecule has 1 rings (SSSR count). The van der Waals surface area contributed by atoms with Gasteiger partial charge in [-0.25, -0.2) is 0 Å². The molecule has 0 heterocycles. The van der Waals surface area contributed by atoms with Crippen molar-refractivity contribution < 1.29 is 4.74 Å². The van der Waals surface area contributed by atoms with Crippen molar-refractivity contribution in [1.29, 1.82) is 0 Å². The third kappa shape index (κ3) is 6.06. The maximum Gasteiger partial charge on any atom is 0.120 e. The number of aryl methyl sites for hydroxylation is 1. The van der Waals surface area contributed by atoms with Crippen LogP contribution >= 0.6 is 0 Å². The van der Waals surface area contributed by atoms with Gasteiger partial charge in [0.25, 0.3) is 0 Å². The van der Waals surface area contributed by atoms with Gasteiger partial charge in [-0.3, -0.25) is 0 Å². The van der Waals surface area contributed by atoms with Gasteiger partial charge in [-0.15, -0.1) is 0 Å². The number of likely N-dealkylation sites (N-methyl/N-ethyl adjacent to an activating group) is 1. The van der Waals surface area contributed by atoms with Crippen LogP contribution in [0.3, 0.4) is 0 Å². The highest BCUT2D eigenvalue weighted by molar-refractivity contribution is 5.28. The SMILES string of the molecule is CNC[C@H](C)Oc1cccc(CCC(C)(C)C)c1.